The molecule has 1 unspecified atom stereocenters. The van der Waals surface area contributed by atoms with Gasteiger partial charge in [-0.25, -0.2) is 0 Å². The molecular weight excluding hydrogens is 232 g/mol. The predicted octanol–water partition coefficient (Wildman–Crippen LogP) is 2.24. The highest BCUT2D eigenvalue weighted by Crippen LogP contribution is 2.20. The number of thiophene rings is 1. The maximum atomic E-state index is 12.1. The Labute approximate surface area is 107 Å². The smallest absolute Gasteiger partial charge is 0.261 e. The van der Waals surface area contributed by atoms with Crippen molar-refractivity contribution < 1.29 is 4.79 Å². The highest BCUT2D eigenvalue weighted by molar-refractivity contribution is 7.14. The van der Waals surface area contributed by atoms with Gasteiger partial charge >= 0.3 is 0 Å². The van der Waals surface area contributed by atoms with E-state index in [1.165, 1.54) is 23.3 Å². The minimum absolute atomic E-state index is 0.0832. The lowest BCUT2D eigenvalue weighted by atomic mass is 10.1. The molecule has 1 aliphatic heterocycles. The van der Waals surface area contributed by atoms with Crippen molar-refractivity contribution in [1.82, 2.24) is 10.6 Å². The van der Waals surface area contributed by atoms with Gasteiger partial charge in [-0.1, -0.05) is 6.42 Å². The number of nitrogens with one attached hydrogen (secondary N) is 2. The van der Waals surface area contributed by atoms with Crippen molar-refractivity contribution in [2.75, 3.05) is 13.1 Å². The first-order chi connectivity index (χ1) is 8.16. The van der Waals surface area contributed by atoms with Gasteiger partial charge in [-0.15, -0.1) is 11.3 Å². The lowest BCUT2D eigenvalue weighted by molar-refractivity contribution is 0.0939. The second-order valence-electron chi connectivity index (χ2n) is 4.72. The van der Waals surface area contributed by atoms with E-state index in [2.05, 4.69) is 24.5 Å². The fraction of sp³-hybridized carbons (Fsp3) is 0.615. The number of amides is 1. The second-order valence-corrected chi connectivity index (χ2v) is 5.98. The summed E-state index contributed by atoms with van der Waals surface area (Å²) in [6.07, 6.45) is 3.49. The number of hydrogen-bond acceptors (Lipinski definition) is 3. The summed E-state index contributed by atoms with van der Waals surface area (Å²) in [7, 11) is 0. The van der Waals surface area contributed by atoms with E-state index in [1.807, 2.05) is 6.07 Å². The molecule has 0 saturated carbocycles. The standard InChI is InChI=1S/C13H20N2OS/c1-9-7-12(17-10(9)2)13(16)15-11-5-3-4-6-14-8-11/h7,11,14H,3-6,8H2,1-2H3,(H,15,16). The summed E-state index contributed by atoms with van der Waals surface area (Å²) >= 11 is 1.58. The quantitative estimate of drug-likeness (QED) is 0.847. The number of rotatable bonds is 2. The van der Waals surface area contributed by atoms with Gasteiger partial charge in [0.1, 0.15) is 0 Å². The molecule has 2 heterocycles. The van der Waals surface area contributed by atoms with Gasteiger partial charge in [0.2, 0.25) is 0 Å². The maximum Gasteiger partial charge on any atom is 0.261 e. The molecule has 0 aliphatic carbocycles. The van der Waals surface area contributed by atoms with Crippen molar-refractivity contribution >= 4 is 17.2 Å². The molecule has 1 aromatic rings. The number of aryl methyl sites for hydroxylation is 2. The van der Waals surface area contributed by atoms with Crippen molar-refractivity contribution in [3.05, 3.63) is 21.4 Å². The van der Waals surface area contributed by atoms with Gasteiger partial charge in [0.15, 0.2) is 0 Å². The molecule has 1 aromatic heterocycles. The van der Waals surface area contributed by atoms with Crippen LogP contribution < -0.4 is 10.6 Å². The first-order valence-corrected chi connectivity index (χ1v) is 7.07. The molecule has 94 valence electrons. The van der Waals surface area contributed by atoms with Crippen molar-refractivity contribution in [2.45, 2.75) is 39.2 Å². The van der Waals surface area contributed by atoms with Crippen LogP contribution in [0.1, 0.15) is 39.4 Å². The van der Waals surface area contributed by atoms with E-state index in [-0.39, 0.29) is 11.9 Å². The molecule has 17 heavy (non-hydrogen) atoms. The fourth-order valence-corrected chi connectivity index (χ4v) is 3.02. The van der Waals surface area contributed by atoms with Crippen LogP contribution in [0.2, 0.25) is 0 Å². The molecule has 1 atom stereocenters. The van der Waals surface area contributed by atoms with Crippen molar-refractivity contribution in [2.24, 2.45) is 0 Å². The lowest BCUT2D eigenvalue weighted by Crippen LogP contribution is -2.40. The van der Waals surface area contributed by atoms with Crippen molar-refractivity contribution in [1.29, 1.82) is 0 Å². The van der Waals surface area contributed by atoms with E-state index in [1.54, 1.807) is 11.3 Å². The van der Waals surface area contributed by atoms with E-state index >= 15 is 0 Å². The number of hydrogen-bond donors (Lipinski definition) is 2. The maximum absolute atomic E-state index is 12.1. The van der Waals surface area contributed by atoms with Crippen LogP contribution in [0.5, 0.6) is 0 Å². The first kappa shape index (κ1) is 12.6. The van der Waals surface area contributed by atoms with Crippen molar-refractivity contribution in [3.63, 3.8) is 0 Å². The van der Waals surface area contributed by atoms with E-state index in [9.17, 15) is 4.79 Å². The Hall–Kier alpha value is -0.870. The number of carbonyl (C=O) groups is 1. The molecule has 3 nitrogen and oxygen atoms in total. The monoisotopic (exact) mass is 252 g/mol. The van der Waals surface area contributed by atoms with Crippen molar-refractivity contribution in [3.8, 4) is 0 Å². The van der Waals surface area contributed by atoms with Gasteiger partial charge in [-0.05, 0) is 44.9 Å². The minimum atomic E-state index is 0.0832. The summed E-state index contributed by atoms with van der Waals surface area (Å²) < 4.78 is 0. The molecule has 1 fully saturated rings. The third-order valence-electron chi connectivity index (χ3n) is 3.27. The zero-order valence-electron chi connectivity index (χ0n) is 10.5. The summed E-state index contributed by atoms with van der Waals surface area (Å²) in [5, 5.41) is 6.48. The van der Waals surface area contributed by atoms with E-state index < -0.39 is 0 Å². The van der Waals surface area contributed by atoms with Gasteiger partial charge in [0.25, 0.3) is 5.91 Å². The Morgan fingerprint density at radius 3 is 3.00 bits per heavy atom. The minimum Gasteiger partial charge on any atom is -0.347 e. The van der Waals surface area contributed by atoms with Crippen LogP contribution in [0, 0.1) is 13.8 Å². The van der Waals surface area contributed by atoms with Crippen LogP contribution in [-0.4, -0.2) is 25.0 Å². The first-order valence-electron chi connectivity index (χ1n) is 6.25. The highest BCUT2D eigenvalue weighted by atomic mass is 32.1. The Balaban J connectivity index is 1.95. The van der Waals surface area contributed by atoms with E-state index in [0.717, 1.165) is 24.4 Å². The Morgan fingerprint density at radius 1 is 1.47 bits per heavy atom. The average Bonchev–Trinajstić information content (AvgIpc) is 2.54. The predicted molar refractivity (Wildman–Crippen MR) is 71.8 cm³/mol. The molecule has 0 aromatic carbocycles. The molecule has 0 radical (unpaired) electrons. The normalized spacial score (nSPS) is 20.9. The third kappa shape index (κ3) is 3.30. The summed E-state index contributed by atoms with van der Waals surface area (Å²) in [6.45, 7) is 6.08. The topological polar surface area (TPSA) is 41.1 Å². The SMILES string of the molecule is Cc1cc(C(=O)NC2CCCCNC2)sc1C. The summed E-state index contributed by atoms with van der Waals surface area (Å²) in [5.41, 5.74) is 1.21. The Kier molecular flexibility index (Phi) is 4.18. The molecule has 0 bridgehead atoms. The molecule has 2 rings (SSSR count). The van der Waals surface area contributed by atoms with Crippen LogP contribution in [0.3, 0.4) is 0 Å². The highest BCUT2D eigenvalue weighted by Gasteiger charge is 2.17. The van der Waals surface area contributed by atoms with E-state index in [0.29, 0.717) is 0 Å². The Morgan fingerprint density at radius 2 is 2.29 bits per heavy atom. The second kappa shape index (κ2) is 5.65. The van der Waals surface area contributed by atoms with Gasteiger partial charge in [0.05, 0.1) is 4.88 Å². The van der Waals surface area contributed by atoms with Crippen LogP contribution in [0.4, 0.5) is 0 Å². The van der Waals surface area contributed by atoms with Crippen LogP contribution in [0.15, 0.2) is 6.07 Å². The zero-order valence-corrected chi connectivity index (χ0v) is 11.3. The average molecular weight is 252 g/mol. The summed E-state index contributed by atoms with van der Waals surface area (Å²) in [4.78, 5) is 14.1. The van der Waals surface area contributed by atoms with Gasteiger partial charge in [0, 0.05) is 17.5 Å². The molecule has 1 amide bonds. The van der Waals surface area contributed by atoms with E-state index in [4.69, 9.17) is 0 Å². The molecule has 1 aliphatic rings. The van der Waals surface area contributed by atoms with Gasteiger partial charge in [-0.2, -0.15) is 0 Å². The molecule has 1 saturated heterocycles. The zero-order chi connectivity index (χ0) is 12.3. The largest absolute Gasteiger partial charge is 0.347 e. The summed E-state index contributed by atoms with van der Waals surface area (Å²) in [6, 6.07) is 2.27. The Bertz CT molecular complexity index is 373. The molecule has 0 spiro atoms. The molecule has 2 N–H and O–H groups in total. The van der Waals surface area contributed by atoms with Gasteiger partial charge in [-0.3, -0.25) is 4.79 Å². The fourth-order valence-electron chi connectivity index (χ4n) is 2.08. The number of carbonyl (C=O) groups excluding carboxylic acids is 1. The lowest BCUT2D eigenvalue weighted by Gasteiger charge is -2.15. The van der Waals surface area contributed by atoms with Gasteiger partial charge < -0.3 is 10.6 Å². The van der Waals surface area contributed by atoms with Crippen LogP contribution in [-0.2, 0) is 0 Å². The molecule has 4 heteroatoms. The third-order valence-corrected chi connectivity index (χ3v) is 4.42. The van der Waals surface area contributed by atoms with Crippen LogP contribution in [0.25, 0.3) is 0 Å². The van der Waals surface area contributed by atoms with Crippen LogP contribution >= 0.6 is 11.3 Å². The summed E-state index contributed by atoms with van der Waals surface area (Å²) in [5.74, 6) is 0.0832. The molecular formula is C13H20N2OS.